The molecule has 0 unspecified atom stereocenters. The van der Waals surface area contributed by atoms with Crippen molar-refractivity contribution in [3.05, 3.63) is 47.8 Å². The fourth-order valence-electron chi connectivity index (χ4n) is 1.92. The number of carbonyl (C=O) groups excluding carboxylic acids is 1. The molecule has 6 nitrogen and oxygen atoms in total. The summed E-state index contributed by atoms with van der Waals surface area (Å²) < 4.78 is 45.1. The number of halogens is 1. The summed E-state index contributed by atoms with van der Waals surface area (Å²) in [5.74, 6) is -1.50. The average Bonchev–Trinajstić information content (AvgIpc) is 2.49. The van der Waals surface area contributed by atoms with E-state index in [9.17, 15) is 22.7 Å². The van der Waals surface area contributed by atoms with Gasteiger partial charge >= 0.3 is 0 Å². The zero-order valence-corrected chi connectivity index (χ0v) is 13.1. The van der Waals surface area contributed by atoms with Crippen LogP contribution in [0.25, 0.3) is 0 Å². The number of methoxy groups -OCH3 is 1. The molecule has 23 heavy (non-hydrogen) atoms. The van der Waals surface area contributed by atoms with Gasteiger partial charge in [-0.15, -0.1) is 0 Å². The molecule has 2 rings (SSSR count). The largest absolute Gasteiger partial charge is 0.508 e. The van der Waals surface area contributed by atoms with E-state index in [2.05, 4.69) is 4.72 Å². The van der Waals surface area contributed by atoms with Gasteiger partial charge in [-0.2, -0.15) is 0 Å². The molecule has 0 aliphatic rings. The van der Waals surface area contributed by atoms with Crippen LogP contribution in [-0.2, 0) is 10.0 Å². The number of sulfonamides is 1. The van der Waals surface area contributed by atoms with Crippen molar-refractivity contribution in [1.29, 1.82) is 0 Å². The Labute approximate surface area is 132 Å². The lowest BCUT2D eigenvalue weighted by molar-refractivity contribution is 0.101. The van der Waals surface area contributed by atoms with Crippen LogP contribution in [0.2, 0.25) is 0 Å². The van der Waals surface area contributed by atoms with Crippen LogP contribution in [0, 0.1) is 5.82 Å². The molecule has 2 aromatic carbocycles. The first-order valence-electron chi connectivity index (χ1n) is 6.45. The van der Waals surface area contributed by atoms with Crippen molar-refractivity contribution in [2.45, 2.75) is 11.8 Å². The summed E-state index contributed by atoms with van der Waals surface area (Å²) in [5.41, 5.74) is 0.0289. The van der Waals surface area contributed by atoms with Crippen LogP contribution in [0.4, 0.5) is 10.1 Å². The maximum absolute atomic E-state index is 13.4. The molecule has 8 heteroatoms. The number of ether oxygens (including phenoxy) is 1. The Hall–Kier alpha value is -2.61. The lowest BCUT2D eigenvalue weighted by Crippen LogP contribution is -2.15. The summed E-state index contributed by atoms with van der Waals surface area (Å²) in [4.78, 5) is 11.3. The monoisotopic (exact) mass is 339 g/mol. The Morgan fingerprint density at radius 1 is 1.22 bits per heavy atom. The molecule has 0 fully saturated rings. The highest BCUT2D eigenvalue weighted by Gasteiger charge is 2.19. The van der Waals surface area contributed by atoms with Crippen molar-refractivity contribution in [3.63, 3.8) is 0 Å². The quantitative estimate of drug-likeness (QED) is 0.645. The zero-order valence-electron chi connectivity index (χ0n) is 12.3. The number of hydrogen-bond donors (Lipinski definition) is 2. The van der Waals surface area contributed by atoms with E-state index < -0.39 is 21.6 Å². The molecule has 0 aromatic heterocycles. The summed E-state index contributed by atoms with van der Waals surface area (Å²) in [6, 6.07) is 6.75. The second-order valence-corrected chi connectivity index (χ2v) is 6.37. The van der Waals surface area contributed by atoms with Gasteiger partial charge in [-0.25, -0.2) is 12.8 Å². The van der Waals surface area contributed by atoms with Gasteiger partial charge in [0, 0.05) is 11.6 Å². The van der Waals surface area contributed by atoms with E-state index in [1.807, 2.05) is 0 Å². The normalized spacial score (nSPS) is 11.1. The van der Waals surface area contributed by atoms with Crippen molar-refractivity contribution < 1.29 is 27.4 Å². The van der Waals surface area contributed by atoms with Crippen molar-refractivity contribution >= 4 is 21.5 Å². The van der Waals surface area contributed by atoms with Gasteiger partial charge in [0.25, 0.3) is 10.0 Å². The maximum Gasteiger partial charge on any atom is 0.262 e. The minimum atomic E-state index is -4.06. The highest BCUT2D eigenvalue weighted by Crippen LogP contribution is 2.26. The summed E-state index contributed by atoms with van der Waals surface area (Å²) >= 11 is 0. The van der Waals surface area contributed by atoms with E-state index in [0.717, 1.165) is 24.3 Å². The van der Waals surface area contributed by atoms with Crippen molar-refractivity contribution in [3.8, 4) is 11.5 Å². The third-order valence-corrected chi connectivity index (χ3v) is 4.42. The van der Waals surface area contributed by atoms with Crippen LogP contribution in [0.3, 0.4) is 0 Å². The van der Waals surface area contributed by atoms with Gasteiger partial charge < -0.3 is 9.84 Å². The molecule has 0 bridgehead atoms. The number of anilines is 1. The van der Waals surface area contributed by atoms with E-state index in [1.165, 1.54) is 26.2 Å². The Morgan fingerprint density at radius 2 is 1.91 bits per heavy atom. The molecular weight excluding hydrogens is 325 g/mol. The third kappa shape index (κ3) is 3.59. The molecule has 2 N–H and O–H groups in total. The predicted octanol–water partition coefficient (Wildman–Crippen LogP) is 2.54. The van der Waals surface area contributed by atoms with E-state index in [0.29, 0.717) is 0 Å². The number of hydrogen-bond acceptors (Lipinski definition) is 5. The second kappa shape index (κ2) is 6.25. The number of phenolic OH excluding ortho intramolecular Hbond substituents is 1. The van der Waals surface area contributed by atoms with Crippen LogP contribution < -0.4 is 9.46 Å². The molecule has 122 valence electrons. The lowest BCUT2D eigenvalue weighted by atomic mass is 10.1. The average molecular weight is 339 g/mol. The fourth-order valence-corrected chi connectivity index (χ4v) is 3.02. The van der Waals surface area contributed by atoms with E-state index in [4.69, 9.17) is 4.74 Å². The number of aromatic hydroxyl groups is 1. The summed E-state index contributed by atoms with van der Waals surface area (Å²) in [5, 5.41) is 9.41. The van der Waals surface area contributed by atoms with Crippen molar-refractivity contribution in [1.82, 2.24) is 0 Å². The van der Waals surface area contributed by atoms with Gasteiger partial charge in [0.15, 0.2) is 17.3 Å². The Balaban J connectivity index is 2.45. The number of phenols is 1. The molecule has 0 aliphatic heterocycles. The number of Topliss-reactive ketones (excluding diaryl/α,β-unsaturated/α-hetero) is 1. The molecule has 0 radical (unpaired) electrons. The molecule has 2 aromatic rings. The van der Waals surface area contributed by atoms with Gasteiger partial charge in [0.05, 0.1) is 17.7 Å². The SMILES string of the molecule is COc1cc(S(=O)(=O)Nc2ccc(O)cc2C(C)=O)ccc1F. The van der Waals surface area contributed by atoms with Gasteiger partial charge in [-0.1, -0.05) is 0 Å². The van der Waals surface area contributed by atoms with E-state index in [-0.39, 0.29) is 27.6 Å². The highest BCUT2D eigenvalue weighted by atomic mass is 32.2. The molecule has 0 amide bonds. The van der Waals surface area contributed by atoms with E-state index in [1.54, 1.807) is 0 Å². The zero-order chi connectivity index (χ0) is 17.2. The number of rotatable bonds is 5. The van der Waals surface area contributed by atoms with Gasteiger partial charge in [0.1, 0.15) is 5.75 Å². The number of nitrogens with one attached hydrogen (secondary N) is 1. The topological polar surface area (TPSA) is 92.7 Å². The number of benzene rings is 2. The second-order valence-electron chi connectivity index (χ2n) is 4.69. The molecule has 0 aliphatic carbocycles. The van der Waals surface area contributed by atoms with E-state index >= 15 is 0 Å². The molecule has 0 atom stereocenters. The Kier molecular flexibility index (Phi) is 4.55. The summed E-state index contributed by atoms with van der Waals surface area (Å²) in [6.07, 6.45) is 0. The lowest BCUT2D eigenvalue weighted by Gasteiger charge is -2.12. The minimum absolute atomic E-state index is 0.0126. The molecule has 0 spiro atoms. The third-order valence-electron chi connectivity index (χ3n) is 3.06. The first kappa shape index (κ1) is 16.8. The van der Waals surface area contributed by atoms with Gasteiger partial charge in [0.2, 0.25) is 0 Å². The fraction of sp³-hybridized carbons (Fsp3) is 0.133. The molecule has 0 saturated carbocycles. The minimum Gasteiger partial charge on any atom is -0.508 e. The number of carbonyl (C=O) groups is 1. The first-order valence-corrected chi connectivity index (χ1v) is 7.93. The van der Waals surface area contributed by atoms with Crippen molar-refractivity contribution in [2.24, 2.45) is 0 Å². The summed E-state index contributed by atoms with van der Waals surface area (Å²) in [6.45, 7) is 1.24. The van der Waals surface area contributed by atoms with Gasteiger partial charge in [-0.3, -0.25) is 9.52 Å². The predicted molar refractivity (Wildman–Crippen MR) is 81.9 cm³/mol. The van der Waals surface area contributed by atoms with Crippen LogP contribution >= 0.6 is 0 Å². The van der Waals surface area contributed by atoms with Crippen LogP contribution in [0.1, 0.15) is 17.3 Å². The van der Waals surface area contributed by atoms with Crippen molar-refractivity contribution in [2.75, 3.05) is 11.8 Å². The Bertz CT molecular complexity index is 864. The van der Waals surface area contributed by atoms with Gasteiger partial charge in [-0.05, 0) is 37.3 Å². The molecular formula is C15H14FNO5S. The number of ketones is 1. The first-order chi connectivity index (χ1) is 10.7. The smallest absolute Gasteiger partial charge is 0.262 e. The standard InChI is InChI=1S/C15H14FNO5S/c1-9(18)12-7-10(19)3-6-14(12)17-23(20,21)11-4-5-13(16)15(8-11)22-2/h3-8,17,19H,1-2H3. The van der Waals surface area contributed by atoms with Crippen LogP contribution in [0.15, 0.2) is 41.3 Å². The highest BCUT2D eigenvalue weighted by molar-refractivity contribution is 7.92. The van der Waals surface area contributed by atoms with Crippen LogP contribution in [0.5, 0.6) is 11.5 Å². The van der Waals surface area contributed by atoms with Crippen LogP contribution in [-0.4, -0.2) is 26.4 Å². The maximum atomic E-state index is 13.4. The molecule has 0 saturated heterocycles. The molecule has 0 heterocycles. The Morgan fingerprint density at radius 3 is 2.52 bits per heavy atom. The summed E-state index contributed by atoms with van der Waals surface area (Å²) in [7, 11) is -2.84.